The second-order valence-electron chi connectivity index (χ2n) is 5.16. The van der Waals surface area contributed by atoms with Crippen LogP contribution in [0.1, 0.15) is 37.4 Å². The first-order chi connectivity index (χ1) is 8.68. The van der Waals surface area contributed by atoms with Crippen LogP contribution in [0.15, 0.2) is 6.33 Å². The average Bonchev–Trinajstić information content (AvgIpc) is 2.64. The topological polar surface area (TPSA) is 37.8 Å². The second-order valence-corrected chi connectivity index (χ2v) is 5.70. The van der Waals surface area contributed by atoms with E-state index in [-0.39, 0.29) is 5.54 Å². The average molecular weight is 288 g/mol. The standard InChI is InChI=1S/C13H19Cl2N3/c1-13(7-14,8-15)18-12-10-5-3-2-4-6-11(10)16-9-17-12/h9H,2-8H2,1H3,(H,16,17,18). The summed E-state index contributed by atoms with van der Waals surface area (Å²) >= 11 is 12.0. The molecule has 0 bridgehead atoms. The molecule has 1 aliphatic rings. The summed E-state index contributed by atoms with van der Waals surface area (Å²) in [7, 11) is 0. The summed E-state index contributed by atoms with van der Waals surface area (Å²) in [6.45, 7) is 2.01. The number of anilines is 1. The smallest absolute Gasteiger partial charge is 0.133 e. The van der Waals surface area contributed by atoms with Crippen molar-refractivity contribution in [1.82, 2.24) is 9.97 Å². The van der Waals surface area contributed by atoms with Crippen molar-refractivity contribution < 1.29 is 0 Å². The van der Waals surface area contributed by atoms with E-state index in [1.54, 1.807) is 6.33 Å². The third-order valence-electron chi connectivity index (χ3n) is 3.39. The minimum Gasteiger partial charge on any atom is -0.362 e. The molecule has 1 N–H and O–H groups in total. The molecule has 2 rings (SSSR count). The Labute approximate surface area is 118 Å². The van der Waals surface area contributed by atoms with Crippen molar-refractivity contribution in [3.8, 4) is 0 Å². The van der Waals surface area contributed by atoms with E-state index < -0.39 is 0 Å². The zero-order valence-corrected chi connectivity index (χ0v) is 12.2. The van der Waals surface area contributed by atoms with Crippen LogP contribution < -0.4 is 5.32 Å². The number of nitrogens with one attached hydrogen (secondary N) is 1. The number of aryl methyl sites for hydroxylation is 1. The molecule has 1 aromatic rings. The van der Waals surface area contributed by atoms with Gasteiger partial charge in [-0.3, -0.25) is 0 Å². The highest BCUT2D eigenvalue weighted by atomic mass is 35.5. The molecular weight excluding hydrogens is 269 g/mol. The van der Waals surface area contributed by atoms with E-state index in [1.165, 1.54) is 30.5 Å². The minimum absolute atomic E-state index is 0.322. The fraction of sp³-hybridized carbons (Fsp3) is 0.692. The van der Waals surface area contributed by atoms with Gasteiger partial charge in [0.15, 0.2) is 0 Å². The molecule has 0 saturated heterocycles. The van der Waals surface area contributed by atoms with Crippen molar-refractivity contribution in [3.63, 3.8) is 0 Å². The zero-order valence-electron chi connectivity index (χ0n) is 10.7. The quantitative estimate of drug-likeness (QED) is 0.681. The van der Waals surface area contributed by atoms with Gasteiger partial charge in [0.2, 0.25) is 0 Å². The number of hydrogen-bond donors (Lipinski definition) is 1. The SMILES string of the molecule is CC(CCl)(CCl)Nc1ncnc2c1CCCCC2. The lowest BCUT2D eigenvalue weighted by Crippen LogP contribution is -2.39. The fourth-order valence-corrected chi connectivity index (χ4v) is 2.61. The molecular formula is C13H19Cl2N3. The van der Waals surface area contributed by atoms with Gasteiger partial charge in [0.1, 0.15) is 12.1 Å². The van der Waals surface area contributed by atoms with Gasteiger partial charge in [0.25, 0.3) is 0 Å². The summed E-state index contributed by atoms with van der Waals surface area (Å²) in [6, 6.07) is 0. The van der Waals surface area contributed by atoms with E-state index >= 15 is 0 Å². The molecule has 3 nitrogen and oxygen atoms in total. The Balaban J connectivity index is 2.28. The van der Waals surface area contributed by atoms with E-state index in [0.29, 0.717) is 11.8 Å². The lowest BCUT2D eigenvalue weighted by atomic mass is 10.1. The van der Waals surface area contributed by atoms with Crippen molar-refractivity contribution in [2.45, 2.75) is 44.6 Å². The number of aromatic nitrogens is 2. The second kappa shape index (κ2) is 6.07. The lowest BCUT2D eigenvalue weighted by Gasteiger charge is -2.28. The van der Waals surface area contributed by atoms with Gasteiger partial charge in [-0.2, -0.15) is 0 Å². The third kappa shape index (κ3) is 3.07. The maximum absolute atomic E-state index is 5.98. The monoisotopic (exact) mass is 287 g/mol. The molecule has 0 spiro atoms. The van der Waals surface area contributed by atoms with Crippen LogP contribution in [-0.4, -0.2) is 27.3 Å². The van der Waals surface area contributed by atoms with Gasteiger partial charge in [0, 0.05) is 23.0 Å². The molecule has 100 valence electrons. The number of alkyl halides is 2. The van der Waals surface area contributed by atoms with Gasteiger partial charge in [-0.25, -0.2) is 9.97 Å². The summed E-state index contributed by atoms with van der Waals surface area (Å²) < 4.78 is 0. The molecule has 0 atom stereocenters. The van der Waals surface area contributed by atoms with Crippen molar-refractivity contribution in [3.05, 3.63) is 17.6 Å². The highest BCUT2D eigenvalue weighted by molar-refractivity contribution is 6.22. The maximum atomic E-state index is 5.98. The molecule has 0 fully saturated rings. The van der Waals surface area contributed by atoms with E-state index in [0.717, 1.165) is 18.7 Å². The Morgan fingerprint density at radius 1 is 1.17 bits per heavy atom. The first-order valence-electron chi connectivity index (χ1n) is 6.41. The van der Waals surface area contributed by atoms with Crippen LogP contribution >= 0.6 is 23.2 Å². The first kappa shape index (κ1) is 13.9. The van der Waals surface area contributed by atoms with Crippen LogP contribution in [0.5, 0.6) is 0 Å². The van der Waals surface area contributed by atoms with Gasteiger partial charge in [-0.05, 0) is 32.6 Å². The van der Waals surface area contributed by atoms with E-state index in [9.17, 15) is 0 Å². The summed E-state index contributed by atoms with van der Waals surface area (Å²) in [5, 5.41) is 3.40. The van der Waals surface area contributed by atoms with E-state index in [4.69, 9.17) is 23.2 Å². The van der Waals surface area contributed by atoms with Crippen molar-refractivity contribution in [1.29, 1.82) is 0 Å². The van der Waals surface area contributed by atoms with E-state index in [1.807, 2.05) is 6.92 Å². The molecule has 0 radical (unpaired) electrons. The number of nitrogens with zero attached hydrogens (tertiary/aromatic N) is 2. The fourth-order valence-electron chi connectivity index (χ4n) is 2.19. The number of rotatable bonds is 4. The van der Waals surface area contributed by atoms with Crippen LogP contribution in [0.2, 0.25) is 0 Å². The largest absolute Gasteiger partial charge is 0.362 e. The molecule has 0 unspecified atom stereocenters. The van der Waals surface area contributed by atoms with Crippen LogP contribution in [0.3, 0.4) is 0 Å². The first-order valence-corrected chi connectivity index (χ1v) is 7.48. The predicted octanol–water partition coefficient (Wildman–Crippen LogP) is 3.39. The molecule has 0 aromatic carbocycles. The molecule has 5 heteroatoms. The Bertz CT molecular complexity index is 405. The third-order valence-corrected chi connectivity index (χ3v) is 4.56. The Morgan fingerprint density at radius 2 is 1.89 bits per heavy atom. The molecule has 18 heavy (non-hydrogen) atoms. The molecule has 0 aliphatic heterocycles. The Kier molecular flexibility index (Phi) is 4.68. The summed E-state index contributed by atoms with van der Waals surface area (Å²) in [5.74, 6) is 1.82. The summed E-state index contributed by atoms with van der Waals surface area (Å²) in [6.07, 6.45) is 7.40. The lowest BCUT2D eigenvalue weighted by molar-refractivity contribution is 0.641. The van der Waals surface area contributed by atoms with Crippen LogP contribution in [0.25, 0.3) is 0 Å². The van der Waals surface area contributed by atoms with Crippen molar-refractivity contribution in [2.75, 3.05) is 17.1 Å². The molecule has 0 saturated carbocycles. The number of hydrogen-bond acceptors (Lipinski definition) is 3. The molecule has 1 aliphatic carbocycles. The predicted molar refractivity (Wildman–Crippen MR) is 76.8 cm³/mol. The van der Waals surface area contributed by atoms with Crippen molar-refractivity contribution in [2.24, 2.45) is 0 Å². The van der Waals surface area contributed by atoms with Crippen LogP contribution in [0, 0.1) is 0 Å². The molecule has 1 aromatic heterocycles. The van der Waals surface area contributed by atoms with Crippen molar-refractivity contribution >= 4 is 29.0 Å². The highest BCUT2D eigenvalue weighted by Crippen LogP contribution is 2.26. The maximum Gasteiger partial charge on any atom is 0.133 e. The molecule has 1 heterocycles. The van der Waals surface area contributed by atoms with Crippen LogP contribution in [0.4, 0.5) is 5.82 Å². The summed E-state index contributed by atoms with van der Waals surface area (Å²) in [4.78, 5) is 8.78. The Hall–Kier alpha value is -0.540. The normalized spacial score (nSPS) is 15.9. The Morgan fingerprint density at radius 3 is 2.61 bits per heavy atom. The van der Waals surface area contributed by atoms with Gasteiger partial charge >= 0.3 is 0 Å². The van der Waals surface area contributed by atoms with E-state index in [2.05, 4.69) is 15.3 Å². The number of fused-ring (bicyclic) bond motifs is 1. The summed E-state index contributed by atoms with van der Waals surface area (Å²) in [5.41, 5.74) is 2.10. The van der Waals surface area contributed by atoms with Gasteiger partial charge in [0.05, 0.1) is 5.54 Å². The van der Waals surface area contributed by atoms with Gasteiger partial charge < -0.3 is 5.32 Å². The number of halogens is 2. The zero-order chi connectivity index (χ0) is 13.0. The highest BCUT2D eigenvalue weighted by Gasteiger charge is 2.24. The minimum atomic E-state index is -0.322. The van der Waals surface area contributed by atoms with Crippen LogP contribution in [-0.2, 0) is 12.8 Å². The van der Waals surface area contributed by atoms with Gasteiger partial charge in [-0.1, -0.05) is 6.42 Å². The van der Waals surface area contributed by atoms with Gasteiger partial charge in [-0.15, -0.1) is 23.2 Å². The molecule has 0 amide bonds.